The zero-order valence-corrected chi connectivity index (χ0v) is 8.83. The molecule has 0 spiro atoms. The molecule has 1 N–H and O–H groups in total. The van der Waals surface area contributed by atoms with E-state index in [4.69, 9.17) is 0 Å². The second kappa shape index (κ2) is 4.62. The normalized spacial score (nSPS) is 16.8. The van der Waals surface area contributed by atoms with Gasteiger partial charge in [0.05, 0.1) is 6.54 Å². The highest BCUT2D eigenvalue weighted by Crippen LogP contribution is 2.11. The fraction of sp³-hybridized carbons (Fsp3) is 0.500. The number of nitrogens with one attached hydrogen (secondary N) is 1. The molecule has 1 aliphatic heterocycles. The van der Waals surface area contributed by atoms with E-state index in [9.17, 15) is 0 Å². The van der Waals surface area contributed by atoms with Crippen molar-refractivity contribution in [2.24, 2.45) is 4.99 Å². The molecule has 70 valence electrons. The van der Waals surface area contributed by atoms with Crippen molar-refractivity contribution >= 4 is 28.3 Å². The van der Waals surface area contributed by atoms with Crippen molar-refractivity contribution < 1.29 is 0 Å². The van der Waals surface area contributed by atoms with Gasteiger partial charge in [0.2, 0.25) is 0 Å². The van der Waals surface area contributed by atoms with Crippen LogP contribution in [0, 0.1) is 0 Å². The van der Waals surface area contributed by atoms with E-state index in [2.05, 4.69) is 15.3 Å². The van der Waals surface area contributed by atoms with Crippen molar-refractivity contribution in [3.8, 4) is 0 Å². The summed E-state index contributed by atoms with van der Waals surface area (Å²) in [6.07, 6.45) is 3.03. The molecule has 0 bridgehead atoms. The smallest absolute Gasteiger partial charge is 0.156 e. The minimum atomic E-state index is 0.809. The van der Waals surface area contributed by atoms with E-state index in [1.807, 2.05) is 11.6 Å². The highest BCUT2D eigenvalue weighted by Gasteiger charge is 2.05. The summed E-state index contributed by atoms with van der Waals surface area (Å²) in [5.41, 5.74) is 0. The molecule has 2 rings (SSSR count). The van der Waals surface area contributed by atoms with Gasteiger partial charge in [-0.2, -0.15) is 0 Å². The Labute approximate surface area is 85.7 Å². The Balaban J connectivity index is 1.82. The molecule has 0 saturated carbocycles. The number of aliphatic imine (C=N–C) groups is 1. The summed E-state index contributed by atoms with van der Waals surface area (Å²) in [5.74, 6) is 1.18. The summed E-state index contributed by atoms with van der Waals surface area (Å²) < 4.78 is 0. The third-order valence-electron chi connectivity index (χ3n) is 1.67. The van der Waals surface area contributed by atoms with Gasteiger partial charge in [-0.25, -0.2) is 4.98 Å². The lowest BCUT2D eigenvalue weighted by Gasteiger charge is -2.11. The summed E-state index contributed by atoms with van der Waals surface area (Å²) in [4.78, 5) is 8.57. The summed E-state index contributed by atoms with van der Waals surface area (Å²) >= 11 is 3.47. The van der Waals surface area contributed by atoms with Crippen LogP contribution in [0.1, 0.15) is 11.4 Å². The molecule has 0 aliphatic carbocycles. The fourth-order valence-corrected chi connectivity index (χ4v) is 2.44. The first-order chi connectivity index (χ1) is 6.45. The topological polar surface area (TPSA) is 37.3 Å². The van der Waals surface area contributed by atoms with Crippen molar-refractivity contribution in [3.63, 3.8) is 0 Å². The van der Waals surface area contributed by atoms with Crippen molar-refractivity contribution in [2.45, 2.75) is 13.0 Å². The van der Waals surface area contributed by atoms with Gasteiger partial charge in [-0.15, -0.1) is 11.3 Å². The third kappa shape index (κ3) is 2.70. The number of thioether (sulfide) groups is 1. The lowest BCUT2D eigenvalue weighted by atomic mass is 10.5. The molecule has 1 aliphatic rings. The van der Waals surface area contributed by atoms with Crippen LogP contribution in [0.25, 0.3) is 0 Å². The molecular formula is C8H11N3S2. The first-order valence-electron chi connectivity index (χ1n) is 4.24. The number of rotatable bonds is 2. The first kappa shape index (κ1) is 9.02. The van der Waals surface area contributed by atoms with Crippen LogP contribution in [0.2, 0.25) is 0 Å². The molecule has 0 unspecified atom stereocenters. The number of hydrogen-bond acceptors (Lipinski definition) is 5. The highest BCUT2D eigenvalue weighted by molar-refractivity contribution is 8.13. The summed E-state index contributed by atoms with van der Waals surface area (Å²) in [6.45, 7) is 1.77. The van der Waals surface area contributed by atoms with Crippen LogP contribution in [0.5, 0.6) is 0 Å². The summed E-state index contributed by atoms with van der Waals surface area (Å²) in [7, 11) is 0. The number of thiazole rings is 1. The predicted molar refractivity (Wildman–Crippen MR) is 58.3 cm³/mol. The zero-order chi connectivity index (χ0) is 8.93. The van der Waals surface area contributed by atoms with Crippen molar-refractivity contribution in [2.75, 3.05) is 12.3 Å². The largest absolute Gasteiger partial charge is 0.358 e. The second-order valence-electron chi connectivity index (χ2n) is 2.67. The maximum atomic E-state index is 4.37. The molecular weight excluding hydrogens is 202 g/mol. The molecule has 2 heterocycles. The van der Waals surface area contributed by atoms with E-state index < -0.39 is 0 Å². The number of hydrogen-bond donors (Lipinski definition) is 1. The number of nitrogens with zero attached hydrogens (tertiary/aromatic N) is 2. The van der Waals surface area contributed by atoms with Crippen molar-refractivity contribution in [1.29, 1.82) is 0 Å². The number of aromatic nitrogens is 1. The molecule has 0 saturated heterocycles. The van der Waals surface area contributed by atoms with Gasteiger partial charge < -0.3 is 5.32 Å². The van der Waals surface area contributed by atoms with Crippen LogP contribution in [0.4, 0.5) is 0 Å². The number of amidine groups is 1. The molecule has 1 aromatic heterocycles. The molecule has 0 amide bonds. The van der Waals surface area contributed by atoms with Crippen LogP contribution < -0.4 is 5.32 Å². The molecule has 0 fully saturated rings. The van der Waals surface area contributed by atoms with Gasteiger partial charge in [0.15, 0.2) is 5.17 Å². The highest BCUT2D eigenvalue weighted by atomic mass is 32.2. The van der Waals surface area contributed by atoms with E-state index in [0.717, 1.165) is 23.3 Å². The Morgan fingerprint density at radius 3 is 3.23 bits per heavy atom. The van der Waals surface area contributed by atoms with Gasteiger partial charge in [-0.05, 0) is 6.42 Å². The van der Waals surface area contributed by atoms with Gasteiger partial charge in [-0.1, -0.05) is 11.8 Å². The van der Waals surface area contributed by atoms with Crippen molar-refractivity contribution in [3.05, 3.63) is 16.6 Å². The van der Waals surface area contributed by atoms with E-state index in [-0.39, 0.29) is 0 Å². The average Bonchev–Trinajstić information content (AvgIpc) is 2.69. The Kier molecular flexibility index (Phi) is 3.21. The van der Waals surface area contributed by atoms with Gasteiger partial charge >= 0.3 is 0 Å². The van der Waals surface area contributed by atoms with Gasteiger partial charge in [0, 0.05) is 23.9 Å². The quantitative estimate of drug-likeness (QED) is 0.813. The van der Waals surface area contributed by atoms with Crippen LogP contribution in [-0.4, -0.2) is 22.4 Å². The molecule has 1 aromatic rings. The van der Waals surface area contributed by atoms with Gasteiger partial charge in [0.1, 0.15) is 5.01 Å². The standard InChI is InChI=1S/C8H11N3S2/c1-2-10-8(13-4-1)11-6-7-9-3-5-12-7/h3,5H,1-2,4,6H2,(H,10,11). The summed E-state index contributed by atoms with van der Waals surface area (Å²) in [5, 5.41) is 7.47. The fourth-order valence-electron chi connectivity index (χ4n) is 1.06. The van der Waals surface area contributed by atoms with Crippen LogP contribution in [-0.2, 0) is 6.54 Å². The van der Waals surface area contributed by atoms with E-state index in [0.29, 0.717) is 0 Å². The maximum Gasteiger partial charge on any atom is 0.156 e. The van der Waals surface area contributed by atoms with E-state index in [1.165, 1.54) is 12.2 Å². The minimum Gasteiger partial charge on any atom is -0.358 e. The first-order valence-corrected chi connectivity index (χ1v) is 6.11. The molecule has 0 aromatic carbocycles. The average molecular weight is 213 g/mol. The van der Waals surface area contributed by atoms with Crippen LogP contribution >= 0.6 is 23.1 Å². The minimum absolute atomic E-state index is 0.809. The molecule has 0 radical (unpaired) electrons. The Morgan fingerprint density at radius 1 is 1.54 bits per heavy atom. The Morgan fingerprint density at radius 2 is 2.54 bits per heavy atom. The lowest BCUT2D eigenvalue weighted by Crippen LogP contribution is -2.22. The molecule has 13 heavy (non-hydrogen) atoms. The SMILES string of the molecule is c1csc(CNC2=NCCCS2)n1. The van der Waals surface area contributed by atoms with E-state index >= 15 is 0 Å². The molecule has 5 heteroatoms. The monoisotopic (exact) mass is 213 g/mol. The van der Waals surface area contributed by atoms with E-state index in [1.54, 1.807) is 23.1 Å². The predicted octanol–water partition coefficient (Wildman–Crippen LogP) is 1.73. The molecule has 3 nitrogen and oxygen atoms in total. The Hall–Kier alpha value is -0.550. The van der Waals surface area contributed by atoms with Gasteiger partial charge in [-0.3, -0.25) is 4.99 Å². The van der Waals surface area contributed by atoms with Crippen molar-refractivity contribution in [1.82, 2.24) is 10.3 Å². The maximum absolute atomic E-state index is 4.37. The second-order valence-corrected chi connectivity index (χ2v) is 4.73. The summed E-state index contributed by atoms with van der Waals surface area (Å²) in [6, 6.07) is 0. The molecule has 0 atom stereocenters. The third-order valence-corrected chi connectivity index (χ3v) is 3.49. The van der Waals surface area contributed by atoms with Gasteiger partial charge in [0.25, 0.3) is 0 Å². The lowest BCUT2D eigenvalue weighted by molar-refractivity contribution is 0.874. The van der Waals surface area contributed by atoms with Crippen LogP contribution in [0.3, 0.4) is 0 Å². The zero-order valence-electron chi connectivity index (χ0n) is 7.19. The van der Waals surface area contributed by atoms with Crippen LogP contribution in [0.15, 0.2) is 16.6 Å². The Bertz CT molecular complexity index is 282.